The van der Waals surface area contributed by atoms with Crippen LogP contribution in [-0.2, 0) is 15.5 Å². The molecule has 0 bridgehead atoms. The number of ether oxygens (including phenoxy) is 1. The molecule has 0 saturated heterocycles. The van der Waals surface area contributed by atoms with E-state index in [-0.39, 0.29) is 5.97 Å². The molecule has 1 aromatic rings. The lowest BCUT2D eigenvalue weighted by atomic mass is 9.97. The molecule has 0 radical (unpaired) electrons. The molecule has 0 aromatic heterocycles. The molecule has 0 heterocycles. The largest absolute Gasteiger partial charge is 0.426 e. The standard InChI is InChI=1S/C13H16Br2O2/c1-13(2,3)12(16)17-11-5-9(7-14)4-10(6-11)8-15/h4-6H,7-8H2,1-3H3. The highest BCUT2D eigenvalue weighted by Crippen LogP contribution is 2.24. The van der Waals surface area contributed by atoms with Crippen LogP contribution >= 0.6 is 31.9 Å². The number of rotatable bonds is 3. The van der Waals surface area contributed by atoms with E-state index in [9.17, 15) is 4.79 Å². The lowest BCUT2D eigenvalue weighted by molar-refractivity contribution is -0.142. The number of alkyl halides is 2. The van der Waals surface area contributed by atoms with Crippen molar-refractivity contribution in [1.29, 1.82) is 0 Å². The molecule has 94 valence electrons. The molecule has 0 saturated carbocycles. The van der Waals surface area contributed by atoms with Crippen LogP contribution in [0.2, 0.25) is 0 Å². The highest BCUT2D eigenvalue weighted by atomic mass is 79.9. The normalized spacial score (nSPS) is 11.4. The van der Waals surface area contributed by atoms with Gasteiger partial charge in [0.15, 0.2) is 0 Å². The molecule has 0 amide bonds. The SMILES string of the molecule is CC(C)(C)C(=O)Oc1cc(CBr)cc(CBr)c1. The van der Waals surface area contributed by atoms with Crippen molar-refractivity contribution in [3.05, 3.63) is 29.3 Å². The summed E-state index contributed by atoms with van der Waals surface area (Å²) in [5, 5.41) is 1.49. The van der Waals surface area contributed by atoms with Gasteiger partial charge in [-0.2, -0.15) is 0 Å². The van der Waals surface area contributed by atoms with E-state index < -0.39 is 5.41 Å². The number of hydrogen-bond donors (Lipinski definition) is 0. The molecule has 0 unspecified atom stereocenters. The molecule has 0 aliphatic rings. The van der Waals surface area contributed by atoms with Gasteiger partial charge in [0.05, 0.1) is 5.41 Å². The molecule has 4 heteroatoms. The van der Waals surface area contributed by atoms with Crippen LogP contribution in [0.4, 0.5) is 0 Å². The van der Waals surface area contributed by atoms with Crippen molar-refractivity contribution >= 4 is 37.8 Å². The van der Waals surface area contributed by atoms with Gasteiger partial charge in [-0.25, -0.2) is 0 Å². The zero-order chi connectivity index (χ0) is 13.1. The number of carbonyl (C=O) groups is 1. The van der Waals surface area contributed by atoms with E-state index in [1.807, 2.05) is 32.9 Å². The molecule has 0 atom stereocenters. The summed E-state index contributed by atoms with van der Waals surface area (Å²) in [6, 6.07) is 5.83. The van der Waals surface area contributed by atoms with Gasteiger partial charge in [0.2, 0.25) is 0 Å². The minimum atomic E-state index is -0.487. The van der Waals surface area contributed by atoms with Crippen molar-refractivity contribution in [2.24, 2.45) is 5.41 Å². The Balaban J connectivity index is 2.94. The van der Waals surface area contributed by atoms with E-state index in [4.69, 9.17) is 4.74 Å². The van der Waals surface area contributed by atoms with E-state index >= 15 is 0 Å². The Labute approximate surface area is 119 Å². The zero-order valence-corrected chi connectivity index (χ0v) is 13.4. The molecule has 0 aliphatic carbocycles. The highest BCUT2D eigenvalue weighted by molar-refractivity contribution is 9.08. The Morgan fingerprint density at radius 1 is 1.12 bits per heavy atom. The Bertz CT molecular complexity index is 386. The fourth-order valence-electron chi connectivity index (χ4n) is 1.20. The van der Waals surface area contributed by atoms with Gasteiger partial charge >= 0.3 is 5.97 Å². The fraction of sp³-hybridized carbons (Fsp3) is 0.462. The Kier molecular flexibility index (Phi) is 5.20. The predicted octanol–water partition coefficient (Wildman–Crippen LogP) is 4.43. The first-order valence-corrected chi connectivity index (χ1v) is 7.58. The first kappa shape index (κ1) is 14.7. The zero-order valence-electron chi connectivity index (χ0n) is 10.2. The third kappa shape index (κ3) is 4.43. The van der Waals surface area contributed by atoms with Crippen LogP contribution in [0.3, 0.4) is 0 Å². The van der Waals surface area contributed by atoms with Crippen LogP contribution < -0.4 is 4.74 Å². The van der Waals surface area contributed by atoms with Gasteiger partial charge in [-0.1, -0.05) is 37.9 Å². The third-order valence-corrected chi connectivity index (χ3v) is 3.45. The van der Waals surface area contributed by atoms with Crippen molar-refractivity contribution in [1.82, 2.24) is 0 Å². The quantitative estimate of drug-likeness (QED) is 0.451. The van der Waals surface area contributed by atoms with Crippen LogP contribution in [0.25, 0.3) is 0 Å². The smallest absolute Gasteiger partial charge is 0.316 e. The van der Waals surface area contributed by atoms with Crippen LogP contribution in [0.1, 0.15) is 31.9 Å². The summed E-state index contributed by atoms with van der Waals surface area (Å²) in [5.41, 5.74) is 1.70. The van der Waals surface area contributed by atoms with Crippen LogP contribution in [0.5, 0.6) is 5.75 Å². The van der Waals surface area contributed by atoms with Crippen molar-refractivity contribution in [2.45, 2.75) is 31.4 Å². The average Bonchev–Trinajstić information content (AvgIpc) is 2.27. The number of hydrogen-bond acceptors (Lipinski definition) is 2. The van der Waals surface area contributed by atoms with Crippen molar-refractivity contribution in [3.63, 3.8) is 0 Å². The van der Waals surface area contributed by atoms with E-state index in [1.54, 1.807) is 0 Å². The van der Waals surface area contributed by atoms with E-state index in [1.165, 1.54) is 0 Å². The molecule has 0 fully saturated rings. The topological polar surface area (TPSA) is 26.3 Å². The summed E-state index contributed by atoms with van der Waals surface area (Å²) in [7, 11) is 0. The van der Waals surface area contributed by atoms with Crippen LogP contribution in [0, 0.1) is 5.41 Å². The Morgan fingerprint density at radius 2 is 1.59 bits per heavy atom. The van der Waals surface area contributed by atoms with E-state index in [2.05, 4.69) is 37.9 Å². The number of esters is 1. The number of benzene rings is 1. The van der Waals surface area contributed by atoms with Gasteiger partial charge in [-0.15, -0.1) is 0 Å². The van der Waals surface area contributed by atoms with Gasteiger partial charge in [0, 0.05) is 10.7 Å². The monoisotopic (exact) mass is 362 g/mol. The second kappa shape index (κ2) is 6.01. The van der Waals surface area contributed by atoms with Crippen LogP contribution in [-0.4, -0.2) is 5.97 Å². The maximum atomic E-state index is 11.8. The summed E-state index contributed by atoms with van der Waals surface area (Å²) in [5.74, 6) is 0.390. The summed E-state index contributed by atoms with van der Waals surface area (Å²) in [6.07, 6.45) is 0. The molecule has 0 N–H and O–H groups in total. The van der Waals surface area contributed by atoms with Gasteiger partial charge in [0.1, 0.15) is 5.75 Å². The van der Waals surface area contributed by atoms with Crippen LogP contribution in [0.15, 0.2) is 18.2 Å². The third-order valence-electron chi connectivity index (χ3n) is 2.16. The van der Waals surface area contributed by atoms with Crippen molar-refractivity contribution < 1.29 is 9.53 Å². The molecule has 17 heavy (non-hydrogen) atoms. The molecule has 0 aliphatic heterocycles. The van der Waals surface area contributed by atoms with E-state index in [0.29, 0.717) is 5.75 Å². The maximum absolute atomic E-state index is 11.8. The predicted molar refractivity (Wildman–Crippen MR) is 76.8 cm³/mol. The van der Waals surface area contributed by atoms with Gasteiger partial charge in [-0.3, -0.25) is 4.79 Å². The highest BCUT2D eigenvalue weighted by Gasteiger charge is 2.23. The first-order chi connectivity index (χ1) is 7.86. The Morgan fingerprint density at radius 3 is 1.94 bits per heavy atom. The number of carbonyl (C=O) groups excluding carboxylic acids is 1. The lowest BCUT2D eigenvalue weighted by Crippen LogP contribution is -2.25. The van der Waals surface area contributed by atoms with Gasteiger partial charge < -0.3 is 4.74 Å². The second-order valence-electron chi connectivity index (χ2n) is 4.89. The maximum Gasteiger partial charge on any atom is 0.316 e. The molecular weight excluding hydrogens is 348 g/mol. The molecular formula is C13H16Br2O2. The minimum Gasteiger partial charge on any atom is -0.426 e. The summed E-state index contributed by atoms with van der Waals surface area (Å²) < 4.78 is 5.38. The summed E-state index contributed by atoms with van der Waals surface area (Å²) in [4.78, 5) is 11.8. The minimum absolute atomic E-state index is 0.218. The average molecular weight is 364 g/mol. The van der Waals surface area contributed by atoms with Crippen molar-refractivity contribution in [2.75, 3.05) is 0 Å². The Hall–Kier alpha value is -0.350. The van der Waals surface area contributed by atoms with E-state index in [0.717, 1.165) is 21.8 Å². The molecule has 1 aromatic carbocycles. The number of halogens is 2. The van der Waals surface area contributed by atoms with Gasteiger partial charge in [0.25, 0.3) is 0 Å². The van der Waals surface area contributed by atoms with Gasteiger partial charge in [-0.05, 0) is 44.0 Å². The molecule has 2 nitrogen and oxygen atoms in total. The molecule has 0 spiro atoms. The van der Waals surface area contributed by atoms with Crippen molar-refractivity contribution in [3.8, 4) is 5.75 Å². The summed E-state index contributed by atoms with van der Waals surface area (Å²) in [6.45, 7) is 5.53. The second-order valence-corrected chi connectivity index (χ2v) is 6.01. The summed E-state index contributed by atoms with van der Waals surface area (Å²) >= 11 is 6.81. The first-order valence-electron chi connectivity index (χ1n) is 5.34. The lowest BCUT2D eigenvalue weighted by Gasteiger charge is -2.17. The molecule has 1 rings (SSSR count). The fourth-order valence-corrected chi connectivity index (χ4v) is 1.85.